The van der Waals surface area contributed by atoms with Gasteiger partial charge in [-0.15, -0.1) is 0 Å². The van der Waals surface area contributed by atoms with Gasteiger partial charge in [-0.2, -0.15) is 0 Å². The van der Waals surface area contributed by atoms with E-state index >= 15 is 0 Å². The molecule has 0 radical (unpaired) electrons. The summed E-state index contributed by atoms with van der Waals surface area (Å²) >= 11 is 1.51. The molecule has 0 aliphatic carbocycles. The second-order valence-electron chi connectivity index (χ2n) is 6.74. The highest BCUT2D eigenvalue weighted by Crippen LogP contribution is 2.36. The largest absolute Gasteiger partial charge is 0.348 e. The van der Waals surface area contributed by atoms with Gasteiger partial charge in [-0.25, -0.2) is 0 Å². The molecule has 3 aliphatic heterocycles. The molecule has 0 aromatic carbocycles. The van der Waals surface area contributed by atoms with E-state index in [1.807, 2.05) is 19.2 Å². The summed E-state index contributed by atoms with van der Waals surface area (Å²) in [6, 6.07) is 4.28. The molecule has 1 fully saturated rings. The van der Waals surface area contributed by atoms with Gasteiger partial charge in [0, 0.05) is 43.8 Å². The van der Waals surface area contributed by atoms with Crippen molar-refractivity contribution in [3.05, 3.63) is 40.7 Å². The molecule has 1 aromatic heterocycles. The Morgan fingerprint density at radius 2 is 2.36 bits per heavy atom. The maximum absolute atomic E-state index is 12.7. The number of nitrogens with one attached hydrogen (secondary N) is 1. The van der Waals surface area contributed by atoms with Gasteiger partial charge in [0.2, 0.25) is 0 Å². The lowest BCUT2D eigenvalue weighted by molar-refractivity contribution is -0.117. The number of aromatic nitrogens is 1. The monoisotopic (exact) mass is 357 g/mol. The third kappa shape index (κ3) is 3.57. The smallest absolute Gasteiger partial charge is 0.260 e. The van der Waals surface area contributed by atoms with Crippen molar-refractivity contribution < 1.29 is 4.79 Å². The summed E-state index contributed by atoms with van der Waals surface area (Å²) in [5.41, 5.74) is 2.26. The summed E-state index contributed by atoms with van der Waals surface area (Å²) in [5, 5.41) is 4.22. The zero-order chi connectivity index (χ0) is 17.2. The number of pyridine rings is 1. The van der Waals surface area contributed by atoms with Crippen molar-refractivity contribution in [2.24, 2.45) is 4.99 Å². The van der Waals surface area contributed by atoms with E-state index in [4.69, 9.17) is 0 Å². The molecule has 0 saturated carbocycles. The molecule has 1 amide bonds. The van der Waals surface area contributed by atoms with Crippen LogP contribution in [0.15, 0.2) is 40.1 Å². The summed E-state index contributed by atoms with van der Waals surface area (Å²) in [6.07, 6.45) is 5.86. The van der Waals surface area contributed by atoms with Crippen LogP contribution in [0.5, 0.6) is 0 Å². The molecule has 4 rings (SSSR count). The Labute approximate surface area is 152 Å². The first-order valence-corrected chi connectivity index (χ1v) is 9.65. The number of allylic oxidation sites excluding steroid dienone is 1. The molecule has 1 unspecified atom stereocenters. The second-order valence-corrected chi connectivity index (χ2v) is 7.72. The lowest BCUT2D eigenvalue weighted by Gasteiger charge is -2.33. The van der Waals surface area contributed by atoms with Crippen LogP contribution in [0.2, 0.25) is 0 Å². The number of fused-ring (bicyclic) bond motifs is 1. The SMILES string of the molecule is CC1=C(C(=O)NC2CCCN(Cc3cccnc3)C2)SC2=NCCN21. The van der Waals surface area contributed by atoms with E-state index in [0.717, 1.165) is 61.3 Å². The number of likely N-dealkylation sites (tertiary alicyclic amines) is 1. The summed E-state index contributed by atoms with van der Waals surface area (Å²) in [6.45, 7) is 6.60. The van der Waals surface area contributed by atoms with Gasteiger partial charge in [-0.05, 0) is 49.7 Å². The van der Waals surface area contributed by atoms with Crippen LogP contribution < -0.4 is 5.32 Å². The molecule has 1 atom stereocenters. The van der Waals surface area contributed by atoms with Crippen LogP contribution in [0.4, 0.5) is 0 Å². The fourth-order valence-electron chi connectivity index (χ4n) is 3.64. The normalized spacial score (nSPS) is 23.6. The summed E-state index contributed by atoms with van der Waals surface area (Å²) in [4.78, 5) is 26.7. The van der Waals surface area contributed by atoms with Crippen molar-refractivity contribution in [3.8, 4) is 0 Å². The summed E-state index contributed by atoms with van der Waals surface area (Å²) in [5.74, 6) is 0.0489. The average molecular weight is 357 g/mol. The van der Waals surface area contributed by atoms with Gasteiger partial charge in [0.05, 0.1) is 11.4 Å². The van der Waals surface area contributed by atoms with Crippen LogP contribution >= 0.6 is 11.8 Å². The summed E-state index contributed by atoms with van der Waals surface area (Å²) in [7, 11) is 0. The van der Waals surface area contributed by atoms with Gasteiger partial charge < -0.3 is 10.2 Å². The molecule has 0 bridgehead atoms. The van der Waals surface area contributed by atoms with Crippen molar-refractivity contribution in [2.45, 2.75) is 32.4 Å². The molecule has 0 spiro atoms. The van der Waals surface area contributed by atoms with E-state index in [2.05, 4.69) is 31.2 Å². The predicted molar refractivity (Wildman–Crippen MR) is 100.0 cm³/mol. The maximum Gasteiger partial charge on any atom is 0.260 e. The fraction of sp³-hybridized carbons (Fsp3) is 0.500. The number of rotatable bonds is 4. The number of amidine groups is 1. The van der Waals surface area contributed by atoms with Gasteiger partial charge >= 0.3 is 0 Å². The molecular weight excluding hydrogens is 334 g/mol. The number of amides is 1. The minimum Gasteiger partial charge on any atom is -0.348 e. The quantitative estimate of drug-likeness (QED) is 0.891. The highest BCUT2D eigenvalue weighted by atomic mass is 32.2. The minimum absolute atomic E-state index is 0.0489. The van der Waals surface area contributed by atoms with E-state index in [0.29, 0.717) is 0 Å². The lowest BCUT2D eigenvalue weighted by atomic mass is 10.0. The van der Waals surface area contributed by atoms with Crippen LogP contribution in [0.3, 0.4) is 0 Å². The highest BCUT2D eigenvalue weighted by molar-refractivity contribution is 8.18. The predicted octanol–water partition coefficient (Wildman–Crippen LogP) is 1.81. The molecule has 1 aromatic rings. The standard InChI is InChI=1S/C18H23N5OS/c1-13-16(25-18-20-7-9-23(13)18)17(24)21-15-5-3-8-22(12-15)11-14-4-2-6-19-10-14/h2,4,6,10,15H,3,5,7-9,11-12H2,1H3,(H,21,24). The Kier molecular flexibility index (Phi) is 4.76. The first-order valence-electron chi connectivity index (χ1n) is 8.83. The second kappa shape index (κ2) is 7.17. The third-order valence-electron chi connectivity index (χ3n) is 4.90. The van der Waals surface area contributed by atoms with Gasteiger partial charge in [0.15, 0.2) is 5.17 Å². The van der Waals surface area contributed by atoms with E-state index in [9.17, 15) is 4.79 Å². The Balaban J connectivity index is 1.35. The number of carbonyl (C=O) groups excluding carboxylic acids is 1. The molecule has 1 saturated heterocycles. The number of thioether (sulfide) groups is 1. The van der Waals surface area contributed by atoms with Gasteiger partial charge in [-0.3, -0.25) is 19.7 Å². The van der Waals surface area contributed by atoms with Gasteiger partial charge in [-0.1, -0.05) is 6.07 Å². The molecular formula is C18H23N5OS. The van der Waals surface area contributed by atoms with E-state index in [-0.39, 0.29) is 11.9 Å². The number of hydrogen-bond donors (Lipinski definition) is 1. The van der Waals surface area contributed by atoms with Crippen molar-refractivity contribution in [1.29, 1.82) is 0 Å². The van der Waals surface area contributed by atoms with Crippen molar-refractivity contribution >= 4 is 22.8 Å². The molecule has 7 heteroatoms. The zero-order valence-corrected chi connectivity index (χ0v) is 15.3. The number of hydrogen-bond acceptors (Lipinski definition) is 6. The molecule has 25 heavy (non-hydrogen) atoms. The molecule has 3 aliphatic rings. The first-order chi connectivity index (χ1) is 12.2. The zero-order valence-electron chi connectivity index (χ0n) is 14.4. The number of aliphatic imine (C=N–C) groups is 1. The van der Waals surface area contributed by atoms with Crippen LogP contribution in [-0.4, -0.2) is 58.1 Å². The number of piperidine rings is 1. The van der Waals surface area contributed by atoms with E-state index in [1.54, 1.807) is 6.20 Å². The van der Waals surface area contributed by atoms with Crippen LogP contribution in [-0.2, 0) is 11.3 Å². The molecule has 132 valence electrons. The molecule has 6 nitrogen and oxygen atoms in total. The highest BCUT2D eigenvalue weighted by Gasteiger charge is 2.34. The van der Waals surface area contributed by atoms with Crippen molar-refractivity contribution in [3.63, 3.8) is 0 Å². The summed E-state index contributed by atoms with van der Waals surface area (Å²) < 4.78 is 0. The number of nitrogens with zero attached hydrogens (tertiary/aromatic N) is 4. The Bertz CT molecular complexity index is 717. The van der Waals surface area contributed by atoms with Crippen LogP contribution in [0, 0.1) is 0 Å². The lowest BCUT2D eigenvalue weighted by Crippen LogP contribution is -2.47. The topological polar surface area (TPSA) is 60.8 Å². The number of carbonyl (C=O) groups is 1. The van der Waals surface area contributed by atoms with Gasteiger partial charge in [0.1, 0.15) is 0 Å². The fourth-order valence-corrected chi connectivity index (χ4v) is 4.73. The Morgan fingerprint density at radius 1 is 1.44 bits per heavy atom. The maximum atomic E-state index is 12.7. The Morgan fingerprint density at radius 3 is 3.16 bits per heavy atom. The van der Waals surface area contributed by atoms with Crippen LogP contribution in [0.25, 0.3) is 0 Å². The van der Waals surface area contributed by atoms with Crippen molar-refractivity contribution in [1.82, 2.24) is 20.1 Å². The minimum atomic E-state index is 0.0489. The third-order valence-corrected chi connectivity index (χ3v) is 6.12. The molecule has 1 N–H and O–H groups in total. The molecule has 4 heterocycles. The van der Waals surface area contributed by atoms with Crippen LogP contribution in [0.1, 0.15) is 25.3 Å². The average Bonchev–Trinajstić information content (AvgIpc) is 3.19. The van der Waals surface area contributed by atoms with E-state index < -0.39 is 0 Å². The van der Waals surface area contributed by atoms with Gasteiger partial charge in [0.25, 0.3) is 5.91 Å². The Hall–Kier alpha value is -1.86. The van der Waals surface area contributed by atoms with E-state index in [1.165, 1.54) is 17.3 Å². The first kappa shape index (κ1) is 16.6. The van der Waals surface area contributed by atoms with Crippen molar-refractivity contribution in [2.75, 3.05) is 26.2 Å².